The van der Waals surface area contributed by atoms with Crippen LogP contribution in [0.4, 0.5) is 0 Å². The molecule has 0 heterocycles. The first-order valence-electron chi connectivity index (χ1n) is 6.88. The molecule has 22 heavy (non-hydrogen) atoms. The van der Waals surface area contributed by atoms with Gasteiger partial charge in [0.2, 0.25) is 0 Å². The first-order valence-corrected chi connectivity index (χ1v) is 7.26. The van der Waals surface area contributed by atoms with Gasteiger partial charge in [-0.2, -0.15) is 0 Å². The van der Waals surface area contributed by atoms with Crippen LogP contribution in [0, 0.1) is 12.8 Å². The van der Waals surface area contributed by atoms with E-state index in [1.807, 2.05) is 32.9 Å². The van der Waals surface area contributed by atoms with Crippen LogP contribution in [0.15, 0.2) is 52.2 Å². The van der Waals surface area contributed by atoms with Gasteiger partial charge in [0.1, 0.15) is 5.71 Å². The number of rotatable bonds is 3. The van der Waals surface area contributed by atoms with E-state index in [1.54, 1.807) is 18.2 Å². The molecule has 0 N–H and O–H groups in total. The molecule has 0 saturated heterocycles. The Kier molecular flexibility index (Phi) is 4.93. The molecule has 114 valence electrons. The van der Waals surface area contributed by atoms with Gasteiger partial charge in [0.25, 0.3) is 0 Å². The topological polar surface area (TPSA) is 55.7 Å². The van der Waals surface area contributed by atoms with Crippen LogP contribution in [0.3, 0.4) is 0 Å². The summed E-state index contributed by atoms with van der Waals surface area (Å²) < 4.78 is 0. The van der Waals surface area contributed by atoms with Gasteiger partial charge in [-0.25, -0.2) is 4.79 Å². The van der Waals surface area contributed by atoms with Crippen molar-refractivity contribution in [3.05, 3.63) is 58.1 Å². The Labute approximate surface area is 134 Å². The standard InChI is InChI=1S/C17H16ClNO3/c1-10(2)13-8-15(14(18)9-16(13)20)19-22-17(21)12-7-5-4-6-11(12)3/h4-10H,1-3H3/b19-15-. The normalized spacial score (nSPS) is 16.6. The zero-order valence-electron chi connectivity index (χ0n) is 12.6. The molecule has 0 unspecified atom stereocenters. The summed E-state index contributed by atoms with van der Waals surface area (Å²) in [6.07, 6.45) is 2.85. The van der Waals surface area contributed by atoms with Crippen LogP contribution >= 0.6 is 11.6 Å². The molecule has 5 heteroatoms. The summed E-state index contributed by atoms with van der Waals surface area (Å²) in [7, 11) is 0. The van der Waals surface area contributed by atoms with Crippen molar-refractivity contribution in [1.29, 1.82) is 0 Å². The van der Waals surface area contributed by atoms with Crippen LogP contribution in [-0.4, -0.2) is 17.5 Å². The molecule has 0 saturated carbocycles. The number of aryl methyl sites for hydroxylation is 1. The van der Waals surface area contributed by atoms with Crippen molar-refractivity contribution in [3.63, 3.8) is 0 Å². The molecule has 1 aliphatic carbocycles. The van der Waals surface area contributed by atoms with Crippen LogP contribution in [-0.2, 0) is 9.63 Å². The lowest BCUT2D eigenvalue weighted by molar-refractivity contribution is -0.111. The number of carbonyl (C=O) groups is 2. The molecule has 0 atom stereocenters. The van der Waals surface area contributed by atoms with Gasteiger partial charge in [0.15, 0.2) is 5.78 Å². The maximum atomic E-state index is 12.0. The Morgan fingerprint density at radius 2 is 1.91 bits per heavy atom. The van der Waals surface area contributed by atoms with Gasteiger partial charge in [0, 0.05) is 11.6 Å². The molecule has 0 radical (unpaired) electrons. The van der Waals surface area contributed by atoms with Crippen molar-refractivity contribution in [3.8, 4) is 0 Å². The van der Waals surface area contributed by atoms with E-state index in [9.17, 15) is 9.59 Å². The van der Waals surface area contributed by atoms with Crippen molar-refractivity contribution < 1.29 is 14.4 Å². The molecule has 0 fully saturated rings. The third-order valence-electron chi connectivity index (χ3n) is 3.29. The third kappa shape index (κ3) is 3.52. The molecule has 0 spiro atoms. The molecule has 0 aliphatic heterocycles. The average Bonchev–Trinajstić information content (AvgIpc) is 2.46. The summed E-state index contributed by atoms with van der Waals surface area (Å²) >= 11 is 5.98. The summed E-state index contributed by atoms with van der Waals surface area (Å²) in [5.41, 5.74) is 2.08. The van der Waals surface area contributed by atoms with E-state index in [4.69, 9.17) is 16.4 Å². The fourth-order valence-corrected chi connectivity index (χ4v) is 2.21. The van der Waals surface area contributed by atoms with E-state index >= 15 is 0 Å². The minimum absolute atomic E-state index is 0.0331. The predicted molar refractivity (Wildman–Crippen MR) is 85.9 cm³/mol. The molecule has 1 aromatic carbocycles. The van der Waals surface area contributed by atoms with Crippen molar-refractivity contribution in [2.24, 2.45) is 11.1 Å². The SMILES string of the molecule is Cc1ccccc1C(=O)O/N=C1/C=C(C(C)C)C(=O)C=C1Cl. The van der Waals surface area contributed by atoms with Gasteiger partial charge in [-0.05, 0) is 30.5 Å². The molecule has 4 nitrogen and oxygen atoms in total. The predicted octanol–water partition coefficient (Wildman–Crippen LogP) is 3.80. The van der Waals surface area contributed by atoms with Crippen molar-refractivity contribution in [1.82, 2.24) is 0 Å². The number of hydrogen-bond acceptors (Lipinski definition) is 4. The minimum atomic E-state index is -0.563. The highest BCUT2D eigenvalue weighted by atomic mass is 35.5. The Bertz CT molecular complexity index is 714. The Balaban J connectivity index is 2.22. The van der Waals surface area contributed by atoms with E-state index in [-0.39, 0.29) is 22.4 Å². The fraction of sp³-hybridized carbons (Fsp3) is 0.235. The van der Waals surface area contributed by atoms with E-state index in [1.165, 1.54) is 6.08 Å². The summed E-state index contributed by atoms with van der Waals surface area (Å²) in [6.45, 7) is 5.61. The molecule has 2 rings (SSSR count). The number of halogens is 1. The lowest BCUT2D eigenvalue weighted by Gasteiger charge is -2.13. The fourth-order valence-electron chi connectivity index (χ4n) is 2.02. The lowest BCUT2D eigenvalue weighted by atomic mass is 9.93. The Morgan fingerprint density at radius 3 is 2.55 bits per heavy atom. The van der Waals surface area contributed by atoms with Gasteiger partial charge >= 0.3 is 5.97 Å². The van der Waals surface area contributed by atoms with Crippen LogP contribution in [0.25, 0.3) is 0 Å². The number of carbonyl (C=O) groups excluding carboxylic acids is 2. The van der Waals surface area contributed by atoms with Crippen molar-refractivity contribution in [2.75, 3.05) is 0 Å². The second-order valence-corrected chi connectivity index (χ2v) is 5.69. The second kappa shape index (κ2) is 6.71. The van der Waals surface area contributed by atoms with Gasteiger partial charge < -0.3 is 4.84 Å². The molecule has 1 aliphatic rings. The van der Waals surface area contributed by atoms with Crippen LogP contribution in [0.1, 0.15) is 29.8 Å². The molecule has 0 bridgehead atoms. The first-order chi connectivity index (χ1) is 10.4. The molecular formula is C17H16ClNO3. The van der Waals surface area contributed by atoms with Gasteiger partial charge in [-0.15, -0.1) is 0 Å². The van der Waals surface area contributed by atoms with Crippen molar-refractivity contribution in [2.45, 2.75) is 20.8 Å². The highest BCUT2D eigenvalue weighted by Gasteiger charge is 2.21. The maximum absolute atomic E-state index is 12.0. The summed E-state index contributed by atoms with van der Waals surface area (Å²) in [5.74, 6) is -0.679. The number of oxime groups is 1. The summed E-state index contributed by atoms with van der Waals surface area (Å²) in [5, 5.41) is 3.95. The quantitative estimate of drug-likeness (QED) is 0.484. The van der Waals surface area contributed by atoms with Crippen LogP contribution in [0.5, 0.6) is 0 Å². The lowest BCUT2D eigenvalue weighted by Crippen LogP contribution is -2.15. The second-order valence-electron chi connectivity index (χ2n) is 5.28. The maximum Gasteiger partial charge on any atom is 0.366 e. The smallest absolute Gasteiger partial charge is 0.312 e. The highest BCUT2D eigenvalue weighted by Crippen LogP contribution is 2.21. The van der Waals surface area contributed by atoms with Crippen LogP contribution in [0.2, 0.25) is 0 Å². The monoisotopic (exact) mass is 317 g/mol. The number of ketones is 1. The number of hydrogen-bond donors (Lipinski definition) is 0. The summed E-state index contributed by atoms with van der Waals surface area (Å²) in [4.78, 5) is 28.8. The number of benzene rings is 1. The van der Waals surface area contributed by atoms with E-state index in [0.29, 0.717) is 11.1 Å². The number of allylic oxidation sites excluding steroid dienone is 4. The minimum Gasteiger partial charge on any atom is -0.312 e. The van der Waals surface area contributed by atoms with Gasteiger partial charge in [0.05, 0.1) is 10.6 Å². The van der Waals surface area contributed by atoms with E-state index in [2.05, 4.69) is 5.16 Å². The Morgan fingerprint density at radius 1 is 1.23 bits per heavy atom. The molecular weight excluding hydrogens is 302 g/mol. The Hall–Kier alpha value is -2.20. The summed E-state index contributed by atoms with van der Waals surface area (Å²) in [6, 6.07) is 7.06. The molecule has 0 amide bonds. The highest BCUT2D eigenvalue weighted by molar-refractivity contribution is 6.48. The number of nitrogens with zero attached hydrogens (tertiary/aromatic N) is 1. The van der Waals surface area contributed by atoms with Gasteiger partial charge in [-0.1, -0.05) is 48.8 Å². The molecule has 0 aromatic heterocycles. The molecule has 1 aromatic rings. The van der Waals surface area contributed by atoms with E-state index in [0.717, 1.165) is 5.56 Å². The van der Waals surface area contributed by atoms with E-state index < -0.39 is 5.97 Å². The van der Waals surface area contributed by atoms with Crippen LogP contribution < -0.4 is 0 Å². The zero-order chi connectivity index (χ0) is 16.3. The zero-order valence-corrected chi connectivity index (χ0v) is 13.3. The largest absolute Gasteiger partial charge is 0.366 e. The van der Waals surface area contributed by atoms with Gasteiger partial charge in [-0.3, -0.25) is 4.79 Å². The average molecular weight is 318 g/mol. The third-order valence-corrected chi connectivity index (χ3v) is 3.60. The van der Waals surface area contributed by atoms with Crippen molar-refractivity contribution >= 4 is 29.1 Å². The first kappa shape index (κ1) is 16.2.